The van der Waals surface area contributed by atoms with Crippen molar-refractivity contribution in [1.82, 2.24) is 0 Å². The molecule has 31 heavy (non-hydrogen) atoms. The molecule has 1 heterocycles. The number of hydrogen-bond donors (Lipinski definition) is 0. The molecule has 1 aliphatic heterocycles. The zero-order chi connectivity index (χ0) is 21.7. The number of carbonyl (C=O) groups is 1. The fourth-order valence-electron chi connectivity index (χ4n) is 4.04. The summed E-state index contributed by atoms with van der Waals surface area (Å²) in [6, 6.07) is 27.6. The van der Waals surface area contributed by atoms with Crippen LogP contribution >= 0.6 is 0 Å². The lowest BCUT2D eigenvalue weighted by Gasteiger charge is -2.27. The van der Waals surface area contributed by atoms with Crippen LogP contribution in [0.2, 0.25) is 0 Å². The molecular weight excluding hydrogens is 384 g/mol. The van der Waals surface area contributed by atoms with E-state index in [0.29, 0.717) is 12.8 Å². The number of nitrogens with zero attached hydrogens (tertiary/aromatic N) is 2. The lowest BCUT2D eigenvalue weighted by molar-refractivity contribution is -0.123. The molecule has 4 nitrogen and oxygen atoms in total. The van der Waals surface area contributed by atoms with Crippen molar-refractivity contribution in [3.8, 4) is 5.75 Å². The average molecular weight is 411 g/mol. The molecule has 0 saturated heterocycles. The van der Waals surface area contributed by atoms with Crippen molar-refractivity contribution in [1.29, 1.82) is 0 Å². The molecule has 0 spiro atoms. The van der Waals surface area contributed by atoms with Gasteiger partial charge in [0.15, 0.2) is 0 Å². The quantitative estimate of drug-likeness (QED) is 0.498. The summed E-state index contributed by atoms with van der Waals surface area (Å²) in [5.74, 6) is 0.814. The maximum absolute atomic E-state index is 13.8. The maximum atomic E-state index is 13.8. The topological polar surface area (TPSA) is 41.9 Å². The van der Waals surface area contributed by atoms with E-state index in [1.165, 1.54) is 0 Å². The molecular formula is C27H26N2O2. The van der Waals surface area contributed by atoms with E-state index in [0.717, 1.165) is 28.3 Å². The summed E-state index contributed by atoms with van der Waals surface area (Å²) in [6.45, 7) is 1.96. The number of rotatable bonds is 7. The molecule has 1 amide bonds. The number of allylic oxidation sites excluding steroid dienone is 1. The van der Waals surface area contributed by atoms with Gasteiger partial charge in [-0.15, -0.1) is 0 Å². The molecule has 0 fully saturated rings. The molecule has 4 rings (SSSR count). The summed E-state index contributed by atoms with van der Waals surface area (Å²) in [5.41, 5.74) is 2.99. The van der Waals surface area contributed by atoms with Crippen LogP contribution in [0.15, 0.2) is 96.1 Å². The molecule has 156 valence electrons. The van der Waals surface area contributed by atoms with Crippen LogP contribution in [0, 0.1) is 5.41 Å². The molecule has 0 aromatic heterocycles. The largest absolute Gasteiger partial charge is 0.496 e. The van der Waals surface area contributed by atoms with E-state index >= 15 is 0 Å². The average Bonchev–Trinajstić information content (AvgIpc) is 3.05. The Bertz CT molecular complexity index is 1110. The van der Waals surface area contributed by atoms with E-state index in [1.54, 1.807) is 12.1 Å². The minimum atomic E-state index is -0.726. The lowest BCUT2D eigenvalue weighted by atomic mass is 9.74. The third-order valence-corrected chi connectivity index (χ3v) is 5.80. The van der Waals surface area contributed by atoms with Crippen molar-refractivity contribution in [2.45, 2.75) is 19.8 Å². The highest BCUT2D eigenvalue weighted by Crippen LogP contribution is 2.39. The van der Waals surface area contributed by atoms with E-state index in [2.05, 4.69) is 18.2 Å². The number of anilines is 1. The Morgan fingerprint density at radius 2 is 1.58 bits per heavy atom. The summed E-state index contributed by atoms with van der Waals surface area (Å²) in [6.07, 6.45) is 5.24. The van der Waals surface area contributed by atoms with E-state index in [1.807, 2.05) is 85.8 Å². The number of hydrogen-bond acceptors (Lipinski definition) is 3. The van der Waals surface area contributed by atoms with Gasteiger partial charge in [-0.3, -0.25) is 4.79 Å². The molecule has 0 saturated carbocycles. The molecule has 3 aromatic rings. The lowest BCUT2D eigenvalue weighted by Crippen LogP contribution is -2.40. The molecule has 1 atom stereocenters. The number of amides is 1. The third-order valence-electron chi connectivity index (χ3n) is 5.80. The van der Waals surface area contributed by atoms with Gasteiger partial charge in [-0.25, -0.2) is 0 Å². The van der Waals surface area contributed by atoms with Gasteiger partial charge in [0.1, 0.15) is 5.75 Å². The van der Waals surface area contributed by atoms with Crippen LogP contribution in [0.4, 0.5) is 5.69 Å². The molecule has 0 N–H and O–H groups in total. The summed E-state index contributed by atoms with van der Waals surface area (Å²) >= 11 is 0. The molecule has 0 radical (unpaired) electrons. The van der Waals surface area contributed by atoms with Gasteiger partial charge in [-0.05, 0) is 43.5 Å². The highest BCUT2D eigenvalue weighted by molar-refractivity contribution is 6.18. The van der Waals surface area contributed by atoms with Crippen LogP contribution < -0.4 is 9.75 Å². The first-order chi connectivity index (χ1) is 15.1. The SMILES string of the molecule is COc1ccccc1/C=C/CC1(Cc2ccccc2)C(=O)N(c2ccccc2)N=C1C. The number of methoxy groups -OCH3 is 1. The van der Waals surface area contributed by atoms with Crippen molar-refractivity contribution in [2.75, 3.05) is 12.1 Å². The fraction of sp³-hybridized carbons (Fsp3) is 0.185. The van der Waals surface area contributed by atoms with E-state index in [-0.39, 0.29) is 5.91 Å². The predicted molar refractivity (Wildman–Crippen MR) is 126 cm³/mol. The molecule has 0 bridgehead atoms. The molecule has 3 aromatic carbocycles. The van der Waals surface area contributed by atoms with E-state index in [4.69, 9.17) is 9.84 Å². The highest BCUT2D eigenvalue weighted by atomic mass is 16.5. The van der Waals surface area contributed by atoms with Crippen LogP contribution in [0.5, 0.6) is 5.75 Å². The Morgan fingerprint density at radius 1 is 0.935 bits per heavy atom. The number of carbonyl (C=O) groups excluding carboxylic acids is 1. The first kappa shape index (κ1) is 20.6. The number of hydrazone groups is 1. The van der Waals surface area contributed by atoms with Gasteiger partial charge in [0.25, 0.3) is 5.91 Å². The standard InChI is InChI=1S/C27H26N2O2/c1-21-27(20-22-12-5-3-6-13-22,19-11-15-23-14-9-10-18-25(23)31-2)26(30)29(28-21)24-16-7-4-8-17-24/h3-18H,19-20H2,1-2H3/b15-11+. The van der Waals surface area contributed by atoms with Gasteiger partial charge in [0.05, 0.1) is 23.9 Å². The zero-order valence-corrected chi connectivity index (χ0v) is 17.9. The Balaban J connectivity index is 1.68. The normalized spacial score (nSPS) is 18.5. The zero-order valence-electron chi connectivity index (χ0n) is 17.9. The Hall–Kier alpha value is -3.66. The monoisotopic (exact) mass is 410 g/mol. The predicted octanol–water partition coefficient (Wildman–Crippen LogP) is 5.75. The molecule has 1 aliphatic rings. The van der Waals surface area contributed by atoms with Crippen LogP contribution in [0.1, 0.15) is 24.5 Å². The second kappa shape index (κ2) is 9.00. The van der Waals surface area contributed by atoms with Gasteiger partial charge in [-0.2, -0.15) is 10.1 Å². The Kier molecular flexibility index (Phi) is 5.99. The van der Waals surface area contributed by atoms with Crippen LogP contribution in [-0.2, 0) is 11.2 Å². The minimum Gasteiger partial charge on any atom is -0.496 e. The third kappa shape index (κ3) is 4.15. The highest BCUT2D eigenvalue weighted by Gasteiger charge is 2.48. The van der Waals surface area contributed by atoms with Crippen LogP contribution in [0.3, 0.4) is 0 Å². The Labute approximate surface area is 183 Å². The second-order valence-electron chi connectivity index (χ2n) is 7.73. The summed E-state index contributed by atoms with van der Waals surface area (Å²) in [5, 5.41) is 6.24. The van der Waals surface area contributed by atoms with Crippen LogP contribution in [0.25, 0.3) is 6.08 Å². The second-order valence-corrected chi connectivity index (χ2v) is 7.73. The number of para-hydroxylation sites is 2. The number of benzene rings is 3. The van der Waals surface area contributed by atoms with Crippen molar-refractivity contribution in [3.05, 3.63) is 102 Å². The van der Waals surface area contributed by atoms with E-state index in [9.17, 15) is 4.79 Å². The van der Waals surface area contributed by atoms with Gasteiger partial charge in [0, 0.05) is 5.56 Å². The summed E-state index contributed by atoms with van der Waals surface area (Å²) in [4.78, 5) is 13.8. The van der Waals surface area contributed by atoms with Crippen molar-refractivity contribution in [3.63, 3.8) is 0 Å². The molecule has 4 heteroatoms. The van der Waals surface area contributed by atoms with Crippen molar-refractivity contribution in [2.24, 2.45) is 10.5 Å². The molecule has 1 unspecified atom stereocenters. The first-order valence-electron chi connectivity index (χ1n) is 10.4. The van der Waals surface area contributed by atoms with Crippen molar-refractivity contribution < 1.29 is 9.53 Å². The first-order valence-corrected chi connectivity index (χ1v) is 10.4. The smallest absolute Gasteiger partial charge is 0.260 e. The van der Waals surface area contributed by atoms with Crippen LogP contribution in [-0.4, -0.2) is 18.7 Å². The van der Waals surface area contributed by atoms with Crippen molar-refractivity contribution >= 4 is 23.4 Å². The van der Waals surface area contributed by atoms with Gasteiger partial charge < -0.3 is 4.74 Å². The summed E-state index contributed by atoms with van der Waals surface area (Å²) < 4.78 is 5.46. The van der Waals surface area contributed by atoms with Gasteiger partial charge in [-0.1, -0.05) is 78.9 Å². The fourth-order valence-corrected chi connectivity index (χ4v) is 4.04. The molecule has 0 aliphatic carbocycles. The Morgan fingerprint density at radius 3 is 2.29 bits per heavy atom. The maximum Gasteiger partial charge on any atom is 0.260 e. The van der Waals surface area contributed by atoms with E-state index < -0.39 is 5.41 Å². The number of ether oxygens (including phenoxy) is 1. The van der Waals surface area contributed by atoms with Gasteiger partial charge in [0.2, 0.25) is 0 Å². The van der Waals surface area contributed by atoms with Gasteiger partial charge >= 0.3 is 0 Å². The minimum absolute atomic E-state index is 0.00438. The summed E-state index contributed by atoms with van der Waals surface area (Å²) in [7, 11) is 1.67.